The van der Waals surface area contributed by atoms with Crippen LogP contribution in [0.4, 0.5) is 4.79 Å². The first kappa shape index (κ1) is 20.4. The zero-order valence-corrected chi connectivity index (χ0v) is 14.7. The minimum atomic E-state index is -1.59. The van der Waals surface area contributed by atoms with E-state index in [2.05, 4.69) is 0 Å². The normalized spacial score (nSPS) is 20.2. The molecule has 0 aromatic rings. The van der Waals surface area contributed by atoms with Crippen LogP contribution in [0.2, 0.25) is 0 Å². The number of aliphatic hydroxyl groups excluding tert-OH is 2. The van der Waals surface area contributed by atoms with Gasteiger partial charge in [0.15, 0.2) is 0 Å². The predicted molar refractivity (Wildman–Crippen MR) is 84.0 cm³/mol. The molecule has 0 unspecified atom stereocenters. The van der Waals surface area contributed by atoms with Gasteiger partial charge in [-0.2, -0.15) is 0 Å². The second kappa shape index (κ2) is 7.94. The number of hydrogen-bond acceptors (Lipinski definition) is 7. The number of hydrogen-bond donors (Lipinski definition) is 2. The maximum Gasteiger partial charge on any atom is 0.417 e. The Morgan fingerprint density at radius 2 is 1.88 bits per heavy atom. The van der Waals surface area contributed by atoms with Gasteiger partial charge in [-0.3, -0.25) is 4.79 Å². The van der Waals surface area contributed by atoms with Crippen molar-refractivity contribution in [2.45, 2.75) is 58.6 Å². The van der Waals surface area contributed by atoms with Crippen LogP contribution in [0, 0.1) is 5.41 Å². The smallest absolute Gasteiger partial charge is 0.417 e. The van der Waals surface area contributed by atoms with Crippen molar-refractivity contribution in [1.29, 1.82) is 0 Å². The largest absolute Gasteiger partial charge is 0.464 e. The van der Waals surface area contributed by atoms with Crippen LogP contribution in [0.15, 0.2) is 0 Å². The van der Waals surface area contributed by atoms with Crippen LogP contribution < -0.4 is 0 Å². The molecule has 2 N–H and O–H groups in total. The summed E-state index contributed by atoms with van der Waals surface area (Å²) in [4.78, 5) is 37.8. The molecule has 0 bridgehead atoms. The Kier molecular flexibility index (Phi) is 6.74. The highest BCUT2D eigenvalue weighted by molar-refractivity contribution is 6.02. The van der Waals surface area contributed by atoms with E-state index >= 15 is 0 Å². The summed E-state index contributed by atoms with van der Waals surface area (Å²) in [6.07, 6.45) is 0.283. The molecule has 1 rings (SSSR count). The van der Waals surface area contributed by atoms with E-state index in [9.17, 15) is 24.6 Å². The van der Waals surface area contributed by atoms with Crippen molar-refractivity contribution < 1.29 is 34.1 Å². The Labute approximate surface area is 141 Å². The minimum absolute atomic E-state index is 0.174. The molecule has 1 atom stereocenters. The summed E-state index contributed by atoms with van der Waals surface area (Å²) < 4.78 is 10.3. The SMILES string of the molecule is CCCCOC(=O)[C@@H]1CC(CO)(CO)C(=O)N1C(=O)OC(C)(C)C. The van der Waals surface area contributed by atoms with Crippen LogP contribution >= 0.6 is 0 Å². The standard InChI is InChI=1S/C16H27NO7/c1-5-6-7-23-12(20)11-8-16(9-18,10-19)13(21)17(11)14(22)24-15(2,3)4/h11,18-19H,5-10H2,1-4H3/t11-/m0/s1. The lowest BCUT2D eigenvalue weighted by Crippen LogP contribution is -2.48. The third-order valence-electron chi connectivity index (χ3n) is 3.78. The number of likely N-dealkylation sites (tertiary alicyclic amines) is 1. The zero-order valence-electron chi connectivity index (χ0n) is 14.7. The van der Waals surface area contributed by atoms with E-state index in [-0.39, 0.29) is 13.0 Å². The van der Waals surface area contributed by atoms with Crippen LogP contribution in [0.5, 0.6) is 0 Å². The summed E-state index contributed by atoms with van der Waals surface area (Å²) >= 11 is 0. The summed E-state index contributed by atoms with van der Waals surface area (Å²) in [5, 5.41) is 19.0. The van der Waals surface area contributed by atoms with Crippen molar-refractivity contribution >= 4 is 18.0 Å². The molecule has 0 aromatic carbocycles. The van der Waals surface area contributed by atoms with Gasteiger partial charge in [-0.1, -0.05) is 13.3 Å². The molecule has 8 heteroatoms. The summed E-state index contributed by atoms with van der Waals surface area (Å²) in [6.45, 7) is 5.64. The number of unbranched alkanes of at least 4 members (excludes halogenated alkanes) is 1. The first-order valence-corrected chi connectivity index (χ1v) is 8.07. The fraction of sp³-hybridized carbons (Fsp3) is 0.812. The van der Waals surface area contributed by atoms with Crippen LogP contribution in [-0.4, -0.2) is 64.5 Å². The van der Waals surface area contributed by atoms with Gasteiger partial charge in [0, 0.05) is 0 Å². The molecular weight excluding hydrogens is 318 g/mol. The van der Waals surface area contributed by atoms with Crippen LogP contribution in [0.3, 0.4) is 0 Å². The number of carbonyl (C=O) groups excluding carboxylic acids is 3. The Morgan fingerprint density at radius 3 is 2.33 bits per heavy atom. The Hall–Kier alpha value is -1.67. The third-order valence-corrected chi connectivity index (χ3v) is 3.78. The van der Waals surface area contributed by atoms with E-state index in [0.29, 0.717) is 11.3 Å². The fourth-order valence-corrected chi connectivity index (χ4v) is 2.38. The molecule has 1 aliphatic rings. The Morgan fingerprint density at radius 1 is 1.29 bits per heavy atom. The number of esters is 1. The number of nitrogens with zero attached hydrogens (tertiary/aromatic N) is 1. The molecular formula is C16H27NO7. The van der Waals surface area contributed by atoms with Gasteiger partial charge in [-0.25, -0.2) is 14.5 Å². The minimum Gasteiger partial charge on any atom is -0.464 e. The molecule has 24 heavy (non-hydrogen) atoms. The predicted octanol–water partition coefficient (Wildman–Crippen LogP) is 0.837. The number of carbonyl (C=O) groups is 3. The van der Waals surface area contributed by atoms with Gasteiger partial charge in [0.05, 0.1) is 25.2 Å². The van der Waals surface area contributed by atoms with Crippen LogP contribution in [0.25, 0.3) is 0 Å². The molecule has 0 aliphatic carbocycles. The van der Waals surface area contributed by atoms with E-state index in [0.717, 1.165) is 6.42 Å². The van der Waals surface area contributed by atoms with E-state index < -0.39 is 48.2 Å². The maximum atomic E-state index is 12.6. The van der Waals surface area contributed by atoms with Gasteiger partial charge in [0.1, 0.15) is 11.6 Å². The van der Waals surface area contributed by atoms with Crippen molar-refractivity contribution in [2.24, 2.45) is 5.41 Å². The quantitative estimate of drug-likeness (QED) is 0.541. The number of ether oxygens (including phenoxy) is 2. The average molecular weight is 345 g/mol. The van der Waals surface area contributed by atoms with Gasteiger partial charge >= 0.3 is 12.1 Å². The molecule has 1 aliphatic heterocycles. The van der Waals surface area contributed by atoms with Crippen molar-refractivity contribution in [2.75, 3.05) is 19.8 Å². The van der Waals surface area contributed by atoms with Gasteiger partial charge < -0.3 is 19.7 Å². The number of aliphatic hydroxyl groups is 2. The average Bonchev–Trinajstić information content (AvgIpc) is 2.79. The van der Waals surface area contributed by atoms with Gasteiger partial charge in [0.2, 0.25) is 5.91 Å². The van der Waals surface area contributed by atoms with Gasteiger partial charge in [-0.05, 0) is 33.6 Å². The van der Waals surface area contributed by atoms with Crippen molar-refractivity contribution in [1.82, 2.24) is 4.90 Å². The monoisotopic (exact) mass is 345 g/mol. The molecule has 1 saturated heterocycles. The van der Waals surface area contributed by atoms with Crippen molar-refractivity contribution in [3.63, 3.8) is 0 Å². The highest BCUT2D eigenvalue weighted by atomic mass is 16.6. The number of amides is 2. The molecule has 138 valence electrons. The Balaban J connectivity index is 3.05. The fourth-order valence-electron chi connectivity index (χ4n) is 2.38. The lowest BCUT2D eigenvalue weighted by atomic mass is 9.86. The second-order valence-corrected chi connectivity index (χ2v) is 6.99. The topological polar surface area (TPSA) is 113 Å². The van der Waals surface area contributed by atoms with E-state index in [1.54, 1.807) is 20.8 Å². The molecule has 0 spiro atoms. The van der Waals surface area contributed by atoms with E-state index in [4.69, 9.17) is 9.47 Å². The van der Waals surface area contributed by atoms with Crippen molar-refractivity contribution in [3.05, 3.63) is 0 Å². The molecule has 8 nitrogen and oxygen atoms in total. The van der Waals surface area contributed by atoms with E-state index in [1.165, 1.54) is 0 Å². The lowest BCUT2D eigenvalue weighted by Gasteiger charge is -2.27. The van der Waals surface area contributed by atoms with Gasteiger partial charge in [-0.15, -0.1) is 0 Å². The van der Waals surface area contributed by atoms with Gasteiger partial charge in [0.25, 0.3) is 0 Å². The first-order chi connectivity index (χ1) is 11.1. The molecule has 1 heterocycles. The second-order valence-electron chi connectivity index (χ2n) is 6.99. The van der Waals surface area contributed by atoms with Crippen molar-refractivity contribution in [3.8, 4) is 0 Å². The summed E-state index contributed by atoms with van der Waals surface area (Å²) in [6, 6.07) is -1.22. The number of rotatable bonds is 6. The Bertz CT molecular complexity index is 479. The highest BCUT2D eigenvalue weighted by Gasteiger charge is 2.57. The molecule has 2 amide bonds. The lowest BCUT2D eigenvalue weighted by molar-refractivity contribution is -0.152. The highest BCUT2D eigenvalue weighted by Crippen LogP contribution is 2.37. The first-order valence-electron chi connectivity index (χ1n) is 8.07. The van der Waals surface area contributed by atoms with E-state index in [1.807, 2.05) is 6.92 Å². The molecule has 0 aromatic heterocycles. The zero-order chi connectivity index (χ0) is 18.5. The molecule has 1 fully saturated rings. The summed E-state index contributed by atoms with van der Waals surface area (Å²) in [5.74, 6) is -1.58. The molecule has 0 radical (unpaired) electrons. The summed E-state index contributed by atoms with van der Waals surface area (Å²) in [5.41, 5.74) is -2.46. The van der Waals surface area contributed by atoms with Crippen LogP contribution in [-0.2, 0) is 19.1 Å². The molecule has 0 saturated carbocycles. The number of imide groups is 1. The third kappa shape index (κ3) is 4.45. The summed E-state index contributed by atoms with van der Waals surface area (Å²) in [7, 11) is 0. The maximum absolute atomic E-state index is 12.6. The van der Waals surface area contributed by atoms with Crippen LogP contribution in [0.1, 0.15) is 47.0 Å².